The van der Waals surface area contributed by atoms with Crippen molar-refractivity contribution in [2.24, 2.45) is 0 Å². The molecule has 3 N–H and O–H groups in total. The molecule has 0 spiro atoms. The van der Waals surface area contributed by atoms with Crippen molar-refractivity contribution in [3.05, 3.63) is 66.9 Å². The second-order valence-corrected chi connectivity index (χ2v) is 13.0. The van der Waals surface area contributed by atoms with Gasteiger partial charge in [-0.2, -0.15) is 0 Å². The van der Waals surface area contributed by atoms with Gasteiger partial charge in [-0.25, -0.2) is 22.6 Å². The Morgan fingerprint density at radius 3 is 2.40 bits per heavy atom. The van der Waals surface area contributed by atoms with Crippen molar-refractivity contribution in [2.75, 3.05) is 42.9 Å². The van der Waals surface area contributed by atoms with Crippen LogP contribution in [0.1, 0.15) is 27.7 Å². The fraction of sp³-hybridized carbons (Fsp3) is 0.379. The molecule has 0 saturated carbocycles. The van der Waals surface area contributed by atoms with Crippen LogP contribution in [0.15, 0.2) is 71.8 Å². The summed E-state index contributed by atoms with van der Waals surface area (Å²) in [5, 5.41) is 17.6. The number of benzene rings is 2. The normalized spacial score (nSPS) is 15.9. The third-order valence-corrected chi connectivity index (χ3v) is 8.42. The fourth-order valence-corrected chi connectivity index (χ4v) is 6.37. The van der Waals surface area contributed by atoms with Crippen molar-refractivity contribution in [1.82, 2.24) is 24.2 Å². The number of aromatic nitrogens is 3. The Labute approximate surface area is 235 Å². The van der Waals surface area contributed by atoms with Crippen LogP contribution in [0, 0.1) is 0 Å². The number of fused-ring (bicyclic) bond motifs is 1. The monoisotopic (exact) mass is 563 g/mol. The van der Waals surface area contributed by atoms with Crippen molar-refractivity contribution in [1.29, 1.82) is 0 Å². The molecule has 11 heteroatoms. The summed E-state index contributed by atoms with van der Waals surface area (Å²) in [5.41, 5.74) is 3.73. The van der Waals surface area contributed by atoms with E-state index in [9.17, 15) is 13.5 Å². The van der Waals surface area contributed by atoms with E-state index in [2.05, 4.69) is 37.0 Å². The highest BCUT2D eigenvalue weighted by Crippen LogP contribution is 2.26. The molecule has 0 radical (unpaired) electrons. The van der Waals surface area contributed by atoms with Crippen molar-refractivity contribution in [2.45, 2.75) is 44.2 Å². The van der Waals surface area contributed by atoms with Gasteiger partial charge in [-0.05, 0) is 76.2 Å². The molecular weight excluding hydrogens is 526 g/mol. The van der Waals surface area contributed by atoms with Crippen LogP contribution in [0.3, 0.4) is 0 Å². The van der Waals surface area contributed by atoms with E-state index in [0.717, 1.165) is 54.3 Å². The molecule has 1 fully saturated rings. The van der Waals surface area contributed by atoms with Gasteiger partial charge in [-0.1, -0.05) is 12.1 Å². The zero-order valence-electron chi connectivity index (χ0n) is 23.4. The Hall–Kier alpha value is -3.51. The maximum absolute atomic E-state index is 12.9. The molecule has 1 aliphatic rings. The standard InChI is InChI=1S/C29H37N7O3S/c1-21(37)20-34-14-16-35(17-15-34)24-10-8-23(9-11-24)31-28-30-19-25-12-13-27(36(25)32-28)22-6-5-7-26(18-22)40(38,39)33-29(2,3)4/h5-13,18-19,21,33,37H,14-17,20H2,1-4H3,(H,31,32)/t21-/m1/s1. The Morgan fingerprint density at radius 2 is 1.73 bits per heavy atom. The summed E-state index contributed by atoms with van der Waals surface area (Å²) < 4.78 is 30.3. The summed E-state index contributed by atoms with van der Waals surface area (Å²) >= 11 is 0. The summed E-state index contributed by atoms with van der Waals surface area (Å²) in [6.45, 7) is 11.7. The number of hydrogen-bond donors (Lipinski definition) is 3. The van der Waals surface area contributed by atoms with Crippen LogP contribution in [0.5, 0.6) is 0 Å². The molecular formula is C29H37N7O3S. The average Bonchev–Trinajstić information content (AvgIpc) is 3.31. The molecule has 5 rings (SSSR count). The number of nitrogens with zero attached hydrogens (tertiary/aromatic N) is 5. The summed E-state index contributed by atoms with van der Waals surface area (Å²) in [5.74, 6) is 0.433. The number of nitrogens with one attached hydrogen (secondary N) is 2. The predicted octanol–water partition coefficient (Wildman–Crippen LogP) is 3.72. The van der Waals surface area contributed by atoms with Crippen LogP contribution in [0.2, 0.25) is 0 Å². The first-order valence-corrected chi connectivity index (χ1v) is 15.0. The summed E-state index contributed by atoms with van der Waals surface area (Å²) in [6, 6.07) is 18.9. The zero-order chi connectivity index (χ0) is 28.5. The molecule has 1 aliphatic heterocycles. The largest absolute Gasteiger partial charge is 0.392 e. The Balaban J connectivity index is 1.32. The van der Waals surface area contributed by atoms with Crippen LogP contribution in [0.25, 0.3) is 16.8 Å². The highest BCUT2D eigenvalue weighted by molar-refractivity contribution is 7.89. The van der Waals surface area contributed by atoms with E-state index in [0.29, 0.717) is 12.5 Å². The minimum absolute atomic E-state index is 0.201. The number of anilines is 3. The van der Waals surface area contributed by atoms with Crippen LogP contribution in [0.4, 0.5) is 17.3 Å². The number of β-amino-alcohol motifs (C(OH)–C–C–N with tert-alkyl or cyclic N) is 1. The Morgan fingerprint density at radius 1 is 1.00 bits per heavy atom. The molecule has 0 unspecified atom stereocenters. The molecule has 40 heavy (non-hydrogen) atoms. The van der Waals surface area contributed by atoms with Gasteiger partial charge in [0.05, 0.1) is 28.4 Å². The second kappa shape index (κ2) is 11.2. The van der Waals surface area contributed by atoms with Gasteiger partial charge in [0.1, 0.15) is 0 Å². The Kier molecular flexibility index (Phi) is 7.83. The first-order chi connectivity index (χ1) is 19.0. The Bertz CT molecular complexity index is 1570. The van der Waals surface area contributed by atoms with E-state index >= 15 is 0 Å². The van der Waals surface area contributed by atoms with Crippen LogP contribution >= 0.6 is 0 Å². The van der Waals surface area contributed by atoms with Crippen LogP contribution in [-0.4, -0.2) is 77.4 Å². The smallest absolute Gasteiger partial charge is 0.245 e. The number of aliphatic hydroxyl groups is 1. The fourth-order valence-electron chi connectivity index (χ4n) is 4.91. The van der Waals surface area contributed by atoms with Gasteiger partial charge in [0, 0.05) is 55.2 Å². The van der Waals surface area contributed by atoms with Gasteiger partial charge >= 0.3 is 0 Å². The van der Waals surface area contributed by atoms with E-state index < -0.39 is 15.6 Å². The SMILES string of the molecule is C[C@@H](O)CN1CCN(c2ccc(Nc3ncc4ccc(-c5cccc(S(=O)(=O)NC(C)(C)C)c5)n4n3)cc2)CC1. The van der Waals surface area contributed by atoms with Crippen LogP contribution < -0.4 is 14.9 Å². The molecule has 2 aromatic carbocycles. The molecule has 2 aromatic heterocycles. The highest BCUT2D eigenvalue weighted by Gasteiger charge is 2.23. The molecule has 0 amide bonds. The van der Waals surface area contributed by atoms with Crippen molar-refractivity contribution in [3.63, 3.8) is 0 Å². The molecule has 10 nitrogen and oxygen atoms in total. The second-order valence-electron chi connectivity index (χ2n) is 11.3. The van der Waals surface area contributed by atoms with Gasteiger partial charge in [0.25, 0.3) is 0 Å². The van der Waals surface area contributed by atoms with Gasteiger partial charge in [0.2, 0.25) is 16.0 Å². The van der Waals surface area contributed by atoms with E-state index in [1.165, 1.54) is 0 Å². The number of hydrogen-bond acceptors (Lipinski definition) is 8. The number of piperazine rings is 1. The summed E-state index contributed by atoms with van der Waals surface area (Å²) in [4.78, 5) is 9.31. The molecule has 3 heterocycles. The lowest BCUT2D eigenvalue weighted by Crippen LogP contribution is -2.48. The maximum atomic E-state index is 12.9. The van der Waals surface area contributed by atoms with Crippen molar-refractivity contribution < 1.29 is 13.5 Å². The number of aliphatic hydroxyl groups excluding tert-OH is 1. The third kappa shape index (κ3) is 6.61. The highest BCUT2D eigenvalue weighted by atomic mass is 32.2. The van der Waals surface area contributed by atoms with E-state index in [4.69, 9.17) is 5.10 Å². The van der Waals surface area contributed by atoms with Gasteiger partial charge in [-0.15, -0.1) is 5.10 Å². The molecule has 1 atom stereocenters. The minimum Gasteiger partial charge on any atom is -0.392 e. The lowest BCUT2D eigenvalue weighted by molar-refractivity contribution is 0.123. The van der Waals surface area contributed by atoms with Crippen LogP contribution in [-0.2, 0) is 10.0 Å². The van der Waals surface area contributed by atoms with Gasteiger partial charge < -0.3 is 15.3 Å². The molecule has 0 bridgehead atoms. The summed E-state index contributed by atoms with van der Waals surface area (Å²) in [7, 11) is -3.67. The molecule has 1 saturated heterocycles. The van der Waals surface area contributed by atoms with E-state index in [-0.39, 0.29) is 11.0 Å². The number of rotatable bonds is 8. The lowest BCUT2D eigenvalue weighted by atomic mass is 10.1. The first kappa shape index (κ1) is 28.0. The molecule has 212 valence electrons. The predicted molar refractivity (Wildman–Crippen MR) is 159 cm³/mol. The average molecular weight is 564 g/mol. The minimum atomic E-state index is -3.67. The quantitative estimate of drug-likeness (QED) is 0.297. The zero-order valence-corrected chi connectivity index (χ0v) is 24.2. The van der Waals surface area contributed by atoms with E-state index in [1.54, 1.807) is 28.9 Å². The maximum Gasteiger partial charge on any atom is 0.245 e. The molecule has 0 aliphatic carbocycles. The third-order valence-electron chi connectivity index (χ3n) is 6.66. The summed E-state index contributed by atoms with van der Waals surface area (Å²) in [6.07, 6.45) is 1.43. The van der Waals surface area contributed by atoms with Crippen molar-refractivity contribution in [3.8, 4) is 11.3 Å². The van der Waals surface area contributed by atoms with Crippen molar-refractivity contribution >= 4 is 32.9 Å². The van der Waals surface area contributed by atoms with Gasteiger partial charge in [0.15, 0.2) is 0 Å². The first-order valence-electron chi connectivity index (χ1n) is 13.5. The van der Waals surface area contributed by atoms with Gasteiger partial charge in [-0.3, -0.25) is 4.90 Å². The lowest BCUT2D eigenvalue weighted by Gasteiger charge is -2.36. The van der Waals surface area contributed by atoms with E-state index in [1.807, 2.05) is 58.0 Å². The number of sulfonamides is 1. The topological polar surface area (TPSA) is 115 Å². The molecule has 4 aromatic rings.